The Morgan fingerprint density at radius 3 is 0.651 bits per heavy atom. The molecule has 0 heterocycles. The molecule has 0 atom stereocenters. The SMILES string of the molecule is CCCCCCCCCCCCCCNC(=O)CCCCCNCCN(CCC(=O)NCCCCCCCCCCCCCC)CCN(CCC(=O)NCCCCCCCCCCCCCC)CCC(=O)NCCCCCCCCCCCCCC. The molecular formula is C75H151N7O4. The lowest BCUT2D eigenvalue weighted by molar-refractivity contribution is -0.122. The topological polar surface area (TPSA) is 135 Å². The highest BCUT2D eigenvalue weighted by Crippen LogP contribution is 2.16. The summed E-state index contributed by atoms with van der Waals surface area (Å²) in [6.07, 6.45) is 67.7. The number of carbonyl (C=O) groups excluding carboxylic acids is 4. The molecule has 0 aromatic heterocycles. The van der Waals surface area contributed by atoms with Gasteiger partial charge in [-0.15, -0.1) is 0 Å². The lowest BCUT2D eigenvalue weighted by atomic mass is 10.1. The van der Waals surface area contributed by atoms with Crippen LogP contribution in [0.5, 0.6) is 0 Å². The highest BCUT2D eigenvalue weighted by Gasteiger charge is 2.15. The summed E-state index contributed by atoms with van der Waals surface area (Å²) >= 11 is 0. The Hall–Kier alpha value is -2.24. The maximum atomic E-state index is 13.2. The number of amides is 4. The monoisotopic (exact) mass is 1210 g/mol. The van der Waals surface area contributed by atoms with Gasteiger partial charge in [0.15, 0.2) is 0 Å². The number of hydrogen-bond acceptors (Lipinski definition) is 7. The van der Waals surface area contributed by atoms with Crippen molar-refractivity contribution in [3.05, 3.63) is 0 Å². The maximum absolute atomic E-state index is 13.2. The fourth-order valence-corrected chi connectivity index (χ4v) is 11.9. The molecule has 510 valence electrons. The van der Waals surface area contributed by atoms with Gasteiger partial charge in [0.2, 0.25) is 23.6 Å². The van der Waals surface area contributed by atoms with Crippen LogP contribution in [-0.4, -0.2) is 112 Å². The van der Waals surface area contributed by atoms with Crippen molar-refractivity contribution in [3.8, 4) is 0 Å². The molecule has 0 unspecified atom stereocenters. The van der Waals surface area contributed by atoms with E-state index in [2.05, 4.69) is 64.1 Å². The molecule has 0 aliphatic rings. The van der Waals surface area contributed by atoms with E-state index < -0.39 is 0 Å². The lowest BCUT2D eigenvalue weighted by Crippen LogP contribution is -2.42. The van der Waals surface area contributed by atoms with E-state index in [9.17, 15) is 19.2 Å². The minimum Gasteiger partial charge on any atom is -0.356 e. The van der Waals surface area contributed by atoms with Gasteiger partial charge in [-0.2, -0.15) is 0 Å². The molecule has 0 saturated heterocycles. The molecule has 0 bridgehead atoms. The second-order valence-electron chi connectivity index (χ2n) is 26.5. The molecule has 86 heavy (non-hydrogen) atoms. The number of rotatable bonds is 73. The van der Waals surface area contributed by atoms with Crippen LogP contribution in [0, 0.1) is 0 Å². The van der Waals surface area contributed by atoms with E-state index in [-0.39, 0.29) is 23.6 Å². The number of unbranched alkanes of at least 4 members (excludes halogenated alkanes) is 46. The highest BCUT2D eigenvalue weighted by atomic mass is 16.2. The van der Waals surface area contributed by atoms with Crippen molar-refractivity contribution in [1.82, 2.24) is 36.4 Å². The number of nitrogens with one attached hydrogen (secondary N) is 5. The Balaban J connectivity index is 5.16. The standard InChI is InChI=1S/C75H151N7O4/c1-5-9-13-17-21-25-29-33-37-41-45-52-61-77-72(83)56-50-49-51-60-76-65-69-82(68-59-75(86)80-64-55-48-44-40-36-32-28-24-20-16-12-8-4)71-70-81(66-57-73(84)78-62-53-46-42-38-34-30-26-22-18-14-10-6-2)67-58-74(85)79-63-54-47-43-39-35-31-27-23-19-15-11-7-3/h76H,5-71H2,1-4H3,(H,77,83)(H,78,84)(H,79,85)(H,80,86). The Kier molecular flexibility index (Phi) is 70.0. The maximum Gasteiger partial charge on any atom is 0.221 e. The summed E-state index contributed by atoms with van der Waals surface area (Å²) in [6, 6.07) is 0. The van der Waals surface area contributed by atoms with Gasteiger partial charge >= 0.3 is 0 Å². The predicted molar refractivity (Wildman–Crippen MR) is 374 cm³/mol. The van der Waals surface area contributed by atoms with Gasteiger partial charge in [-0.3, -0.25) is 19.2 Å². The smallest absolute Gasteiger partial charge is 0.221 e. The van der Waals surface area contributed by atoms with E-state index in [0.29, 0.717) is 45.3 Å². The van der Waals surface area contributed by atoms with Gasteiger partial charge in [0, 0.05) is 97.7 Å². The molecule has 11 nitrogen and oxygen atoms in total. The predicted octanol–water partition coefficient (Wildman–Crippen LogP) is 19.2. The van der Waals surface area contributed by atoms with Gasteiger partial charge in [-0.1, -0.05) is 317 Å². The first-order chi connectivity index (χ1) is 42.4. The Labute approximate surface area is 536 Å². The fraction of sp³-hybridized carbons (Fsp3) is 0.947. The minimum atomic E-state index is 0.0934. The summed E-state index contributed by atoms with van der Waals surface area (Å²) in [5, 5.41) is 16.4. The van der Waals surface area contributed by atoms with Crippen molar-refractivity contribution in [3.63, 3.8) is 0 Å². The van der Waals surface area contributed by atoms with Crippen LogP contribution in [0.1, 0.15) is 381 Å². The minimum absolute atomic E-state index is 0.0934. The summed E-state index contributed by atoms with van der Waals surface area (Å²) in [4.78, 5) is 56.9. The molecule has 5 N–H and O–H groups in total. The zero-order valence-corrected chi connectivity index (χ0v) is 58.4. The molecule has 0 aliphatic heterocycles. The van der Waals surface area contributed by atoms with Gasteiger partial charge in [-0.05, 0) is 45.1 Å². The summed E-state index contributed by atoms with van der Waals surface area (Å²) < 4.78 is 0. The van der Waals surface area contributed by atoms with Crippen LogP contribution in [0.25, 0.3) is 0 Å². The van der Waals surface area contributed by atoms with Crippen molar-refractivity contribution >= 4 is 23.6 Å². The van der Waals surface area contributed by atoms with Crippen LogP contribution in [0.4, 0.5) is 0 Å². The zero-order chi connectivity index (χ0) is 62.4. The van der Waals surface area contributed by atoms with Crippen LogP contribution in [-0.2, 0) is 19.2 Å². The normalized spacial score (nSPS) is 11.6. The number of nitrogens with zero attached hydrogens (tertiary/aromatic N) is 2. The molecule has 0 spiro atoms. The highest BCUT2D eigenvalue weighted by molar-refractivity contribution is 5.77. The molecule has 0 fully saturated rings. The van der Waals surface area contributed by atoms with Crippen molar-refractivity contribution in [2.24, 2.45) is 0 Å². The molecule has 11 heteroatoms. The van der Waals surface area contributed by atoms with E-state index in [0.717, 1.165) is 117 Å². The summed E-state index contributed by atoms with van der Waals surface area (Å²) in [5.41, 5.74) is 0. The van der Waals surface area contributed by atoms with Crippen LogP contribution in [0.3, 0.4) is 0 Å². The Morgan fingerprint density at radius 1 is 0.198 bits per heavy atom. The van der Waals surface area contributed by atoms with Gasteiger partial charge in [0.1, 0.15) is 0 Å². The van der Waals surface area contributed by atoms with E-state index in [1.165, 1.54) is 270 Å². The summed E-state index contributed by atoms with van der Waals surface area (Å²) in [6.45, 7) is 18.1. The first kappa shape index (κ1) is 83.8. The third-order valence-corrected chi connectivity index (χ3v) is 18.0. The van der Waals surface area contributed by atoms with Crippen LogP contribution in [0.15, 0.2) is 0 Å². The molecule has 0 radical (unpaired) electrons. The van der Waals surface area contributed by atoms with Gasteiger partial charge in [0.05, 0.1) is 0 Å². The largest absolute Gasteiger partial charge is 0.356 e. The van der Waals surface area contributed by atoms with Crippen molar-refractivity contribution in [2.45, 2.75) is 381 Å². The molecular weight excluding hydrogens is 1060 g/mol. The molecule has 0 aromatic rings. The second kappa shape index (κ2) is 71.8. The first-order valence-electron chi connectivity index (χ1n) is 38.6. The fourth-order valence-electron chi connectivity index (χ4n) is 11.9. The first-order valence-corrected chi connectivity index (χ1v) is 38.6. The van der Waals surface area contributed by atoms with Crippen LogP contribution < -0.4 is 26.6 Å². The van der Waals surface area contributed by atoms with Crippen LogP contribution >= 0.6 is 0 Å². The molecule has 0 aliphatic carbocycles. The summed E-state index contributed by atoms with van der Waals surface area (Å²) in [7, 11) is 0. The third kappa shape index (κ3) is 67.7. The van der Waals surface area contributed by atoms with Gasteiger partial charge in [-0.25, -0.2) is 0 Å². The van der Waals surface area contributed by atoms with Crippen molar-refractivity contribution in [1.29, 1.82) is 0 Å². The van der Waals surface area contributed by atoms with Crippen molar-refractivity contribution < 1.29 is 19.2 Å². The number of carbonyl (C=O) groups is 4. The summed E-state index contributed by atoms with van der Waals surface area (Å²) in [5.74, 6) is 0.497. The lowest BCUT2D eigenvalue weighted by Gasteiger charge is -2.28. The van der Waals surface area contributed by atoms with E-state index in [4.69, 9.17) is 0 Å². The molecule has 4 amide bonds. The van der Waals surface area contributed by atoms with Gasteiger partial charge in [0.25, 0.3) is 0 Å². The molecule has 0 saturated carbocycles. The van der Waals surface area contributed by atoms with Crippen LogP contribution in [0.2, 0.25) is 0 Å². The average molecular weight is 1220 g/mol. The third-order valence-electron chi connectivity index (χ3n) is 18.0. The van der Waals surface area contributed by atoms with Gasteiger partial charge < -0.3 is 36.4 Å². The average Bonchev–Trinajstić information content (AvgIpc) is 3.52. The Bertz CT molecular complexity index is 1360. The zero-order valence-electron chi connectivity index (χ0n) is 58.4. The second-order valence-corrected chi connectivity index (χ2v) is 26.5. The van der Waals surface area contributed by atoms with E-state index in [1.807, 2.05) is 0 Å². The van der Waals surface area contributed by atoms with E-state index >= 15 is 0 Å². The Morgan fingerprint density at radius 2 is 0.395 bits per heavy atom. The molecule has 0 aromatic carbocycles. The molecule has 0 rings (SSSR count). The van der Waals surface area contributed by atoms with Crippen molar-refractivity contribution in [2.75, 3.05) is 78.5 Å². The quantitative estimate of drug-likeness (QED) is 0.0383. The number of hydrogen-bond donors (Lipinski definition) is 5. The van der Waals surface area contributed by atoms with E-state index in [1.54, 1.807) is 0 Å².